The van der Waals surface area contributed by atoms with E-state index in [1.54, 1.807) is 0 Å². The highest BCUT2D eigenvalue weighted by Crippen LogP contribution is 2.30. The largest absolute Gasteiger partial charge is 0.374 e. The molecule has 4 rings (SSSR count). The van der Waals surface area contributed by atoms with Crippen LogP contribution in [0.25, 0.3) is 0 Å². The molecule has 1 aromatic heterocycles. The highest BCUT2D eigenvalue weighted by molar-refractivity contribution is 5.96. The molecular formula is C21H27N3O2. The van der Waals surface area contributed by atoms with E-state index in [4.69, 9.17) is 4.74 Å². The molecule has 2 aromatic rings. The van der Waals surface area contributed by atoms with Crippen molar-refractivity contribution >= 4 is 5.91 Å². The molecule has 2 atom stereocenters. The smallest absolute Gasteiger partial charge is 0.258 e. The van der Waals surface area contributed by atoms with Crippen molar-refractivity contribution in [3.63, 3.8) is 0 Å². The van der Waals surface area contributed by atoms with Crippen molar-refractivity contribution in [2.75, 3.05) is 13.2 Å². The second-order valence-corrected chi connectivity index (χ2v) is 7.45. The van der Waals surface area contributed by atoms with Crippen molar-refractivity contribution in [2.24, 2.45) is 0 Å². The van der Waals surface area contributed by atoms with E-state index in [-0.39, 0.29) is 18.1 Å². The molecule has 0 radical (unpaired) electrons. The minimum atomic E-state index is 0.125. The van der Waals surface area contributed by atoms with Crippen molar-refractivity contribution in [1.82, 2.24) is 14.7 Å². The Labute approximate surface area is 154 Å². The van der Waals surface area contributed by atoms with E-state index in [0.29, 0.717) is 19.7 Å². The number of nitrogens with zero attached hydrogens (tertiary/aromatic N) is 3. The molecule has 1 aliphatic heterocycles. The lowest BCUT2D eigenvalue weighted by Gasteiger charge is -2.43. The summed E-state index contributed by atoms with van der Waals surface area (Å²) < 4.78 is 7.88. The Bertz CT molecular complexity index is 782. The fourth-order valence-electron chi connectivity index (χ4n) is 4.41. The molecule has 1 amide bonds. The summed E-state index contributed by atoms with van der Waals surface area (Å²) in [6, 6.07) is 10.5. The standard InChI is InChI=1S/C21H27N3O2/c1-15-20(16(2)24(22-15)14-17-8-4-3-5-9-17)21(25)23-12-13-26-19-11-7-6-10-18(19)23/h3-5,8-9,18-19H,6-7,10-14H2,1-2H3/t18-,19-/m1/s1. The van der Waals surface area contributed by atoms with Gasteiger partial charge in [-0.25, -0.2) is 0 Å². The number of amides is 1. The van der Waals surface area contributed by atoms with E-state index < -0.39 is 0 Å². The van der Waals surface area contributed by atoms with Gasteiger partial charge in [0.05, 0.1) is 36.6 Å². The van der Waals surface area contributed by atoms with Crippen LogP contribution in [0.5, 0.6) is 0 Å². The Morgan fingerprint density at radius 2 is 1.96 bits per heavy atom. The van der Waals surface area contributed by atoms with Crippen LogP contribution in [0.1, 0.15) is 53.0 Å². The Morgan fingerprint density at radius 3 is 2.77 bits per heavy atom. The number of aromatic nitrogens is 2. The zero-order valence-corrected chi connectivity index (χ0v) is 15.6. The fourth-order valence-corrected chi connectivity index (χ4v) is 4.41. The van der Waals surface area contributed by atoms with Crippen LogP contribution in [0.4, 0.5) is 0 Å². The van der Waals surface area contributed by atoms with E-state index in [2.05, 4.69) is 22.1 Å². The summed E-state index contributed by atoms with van der Waals surface area (Å²) >= 11 is 0. The van der Waals surface area contributed by atoms with Crippen molar-refractivity contribution in [3.05, 3.63) is 52.8 Å². The first-order valence-corrected chi connectivity index (χ1v) is 9.65. The topological polar surface area (TPSA) is 47.4 Å². The summed E-state index contributed by atoms with van der Waals surface area (Å²) in [7, 11) is 0. The number of hydrogen-bond donors (Lipinski definition) is 0. The summed E-state index contributed by atoms with van der Waals surface area (Å²) in [6.45, 7) is 5.97. The van der Waals surface area contributed by atoms with Gasteiger partial charge in [-0.2, -0.15) is 5.10 Å². The van der Waals surface area contributed by atoms with Gasteiger partial charge in [0, 0.05) is 12.2 Å². The number of benzene rings is 1. The third kappa shape index (κ3) is 3.16. The van der Waals surface area contributed by atoms with Crippen LogP contribution in [0.3, 0.4) is 0 Å². The number of ether oxygens (including phenoxy) is 1. The zero-order chi connectivity index (χ0) is 18.1. The zero-order valence-electron chi connectivity index (χ0n) is 15.6. The summed E-state index contributed by atoms with van der Waals surface area (Å²) in [5, 5.41) is 4.66. The maximum atomic E-state index is 13.4. The van der Waals surface area contributed by atoms with Crippen LogP contribution in [-0.2, 0) is 11.3 Å². The molecule has 0 unspecified atom stereocenters. The molecule has 1 aliphatic carbocycles. The maximum Gasteiger partial charge on any atom is 0.258 e. The molecular weight excluding hydrogens is 326 g/mol. The van der Waals surface area contributed by atoms with Crippen LogP contribution >= 0.6 is 0 Å². The Hall–Kier alpha value is -2.14. The number of rotatable bonds is 3. The number of carbonyl (C=O) groups is 1. The van der Waals surface area contributed by atoms with Gasteiger partial charge in [-0.15, -0.1) is 0 Å². The summed E-state index contributed by atoms with van der Waals surface area (Å²) in [6.07, 6.45) is 4.71. The molecule has 2 fully saturated rings. The summed E-state index contributed by atoms with van der Waals surface area (Å²) in [5.74, 6) is 0.125. The van der Waals surface area contributed by atoms with Gasteiger partial charge in [0.2, 0.25) is 0 Å². The SMILES string of the molecule is Cc1nn(Cc2ccccc2)c(C)c1C(=O)N1CCO[C@@H]2CCCC[C@H]21. The molecule has 1 aromatic carbocycles. The maximum absolute atomic E-state index is 13.4. The average molecular weight is 353 g/mol. The van der Waals surface area contributed by atoms with Crippen molar-refractivity contribution in [2.45, 2.75) is 58.2 Å². The molecule has 0 N–H and O–H groups in total. The quantitative estimate of drug-likeness (QED) is 0.850. The third-order valence-electron chi connectivity index (χ3n) is 5.76. The van der Waals surface area contributed by atoms with Gasteiger partial charge in [-0.1, -0.05) is 43.2 Å². The van der Waals surface area contributed by atoms with E-state index in [0.717, 1.165) is 29.8 Å². The van der Waals surface area contributed by atoms with Crippen LogP contribution in [-0.4, -0.2) is 45.9 Å². The van der Waals surface area contributed by atoms with E-state index in [1.165, 1.54) is 18.4 Å². The van der Waals surface area contributed by atoms with E-state index in [1.807, 2.05) is 36.7 Å². The third-order valence-corrected chi connectivity index (χ3v) is 5.76. The van der Waals surface area contributed by atoms with Crippen LogP contribution < -0.4 is 0 Å². The van der Waals surface area contributed by atoms with Crippen molar-refractivity contribution in [3.8, 4) is 0 Å². The first-order valence-electron chi connectivity index (χ1n) is 9.65. The van der Waals surface area contributed by atoms with E-state index in [9.17, 15) is 4.79 Å². The number of carbonyl (C=O) groups excluding carboxylic acids is 1. The van der Waals surface area contributed by atoms with Gasteiger partial charge < -0.3 is 9.64 Å². The van der Waals surface area contributed by atoms with Gasteiger partial charge in [-0.3, -0.25) is 9.48 Å². The van der Waals surface area contributed by atoms with Gasteiger partial charge in [0.15, 0.2) is 0 Å². The second-order valence-electron chi connectivity index (χ2n) is 7.45. The van der Waals surface area contributed by atoms with E-state index >= 15 is 0 Å². The van der Waals surface area contributed by atoms with Crippen molar-refractivity contribution < 1.29 is 9.53 Å². The fraction of sp³-hybridized carbons (Fsp3) is 0.524. The average Bonchev–Trinajstić information content (AvgIpc) is 2.95. The monoisotopic (exact) mass is 353 g/mol. The van der Waals surface area contributed by atoms with Gasteiger partial charge >= 0.3 is 0 Å². The number of hydrogen-bond acceptors (Lipinski definition) is 3. The number of morpholine rings is 1. The lowest BCUT2D eigenvalue weighted by molar-refractivity contribution is -0.0753. The molecule has 2 aliphatic rings. The molecule has 1 saturated heterocycles. The molecule has 0 spiro atoms. The lowest BCUT2D eigenvalue weighted by atomic mass is 9.89. The highest BCUT2D eigenvalue weighted by Gasteiger charge is 2.38. The molecule has 26 heavy (non-hydrogen) atoms. The number of fused-ring (bicyclic) bond motifs is 1. The first-order chi connectivity index (χ1) is 12.6. The van der Waals surface area contributed by atoms with Gasteiger partial charge in [0.25, 0.3) is 5.91 Å². The van der Waals surface area contributed by atoms with Crippen LogP contribution in [0.15, 0.2) is 30.3 Å². The molecule has 138 valence electrons. The molecule has 5 heteroatoms. The van der Waals surface area contributed by atoms with Gasteiger partial charge in [0.1, 0.15) is 0 Å². The summed E-state index contributed by atoms with van der Waals surface area (Å²) in [4.78, 5) is 15.4. The van der Waals surface area contributed by atoms with Gasteiger partial charge in [-0.05, 0) is 32.3 Å². The molecule has 5 nitrogen and oxygen atoms in total. The molecule has 0 bridgehead atoms. The van der Waals surface area contributed by atoms with Crippen LogP contribution in [0.2, 0.25) is 0 Å². The Morgan fingerprint density at radius 1 is 1.19 bits per heavy atom. The predicted molar refractivity (Wildman–Crippen MR) is 100 cm³/mol. The first kappa shape index (κ1) is 17.3. The van der Waals surface area contributed by atoms with Crippen LogP contribution in [0, 0.1) is 13.8 Å². The Balaban J connectivity index is 1.60. The second kappa shape index (κ2) is 7.23. The minimum absolute atomic E-state index is 0.125. The Kier molecular flexibility index (Phi) is 4.81. The number of aryl methyl sites for hydroxylation is 1. The molecule has 1 saturated carbocycles. The molecule has 2 heterocycles. The lowest BCUT2D eigenvalue weighted by Crippen LogP contribution is -2.55. The summed E-state index contributed by atoms with van der Waals surface area (Å²) in [5.41, 5.74) is 3.74. The normalized spacial score (nSPS) is 22.9. The van der Waals surface area contributed by atoms with Crippen molar-refractivity contribution in [1.29, 1.82) is 0 Å². The predicted octanol–water partition coefficient (Wildman–Crippen LogP) is 3.33. The highest BCUT2D eigenvalue weighted by atomic mass is 16.5. The minimum Gasteiger partial charge on any atom is -0.374 e.